The third-order valence-electron chi connectivity index (χ3n) is 5.31. The van der Waals surface area contributed by atoms with E-state index in [1.807, 2.05) is 6.26 Å². The van der Waals surface area contributed by atoms with Gasteiger partial charge in [-0.2, -0.15) is 11.8 Å². The predicted octanol–water partition coefficient (Wildman–Crippen LogP) is 0.428. The molecule has 0 bridgehead atoms. The number of aromatic hydroxyl groups is 1. The van der Waals surface area contributed by atoms with Crippen LogP contribution in [0.15, 0.2) is 54.6 Å². The lowest BCUT2D eigenvalue weighted by molar-refractivity contribution is -0.141. The van der Waals surface area contributed by atoms with Crippen molar-refractivity contribution >= 4 is 35.5 Å². The van der Waals surface area contributed by atoms with E-state index in [0.717, 1.165) is 11.1 Å². The molecule has 3 unspecified atom stereocenters. The molecule has 0 aliphatic carbocycles. The second-order valence-corrected chi connectivity index (χ2v) is 9.17. The van der Waals surface area contributed by atoms with E-state index >= 15 is 0 Å². The van der Waals surface area contributed by atoms with Gasteiger partial charge in [0.15, 0.2) is 0 Å². The third kappa shape index (κ3) is 9.96. The molecule has 2 rings (SSSR count). The summed E-state index contributed by atoms with van der Waals surface area (Å²) in [5.41, 5.74) is 7.50. The molecule has 0 aliphatic heterocycles. The highest BCUT2D eigenvalue weighted by Gasteiger charge is 2.25. The summed E-state index contributed by atoms with van der Waals surface area (Å²) < 4.78 is 0. The SMILES string of the molecule is CSCCC(NC(=O)C(N)Cc1ccc(O)cc1)C(=O)NCC(=O)NC(Cc1ccccc1)C(=O)O. The maximum atomic E-state index is 12.7. The van der Waals surface area contributed by atoms with Gasteiger partial charge in [-0.05, 0) is 48.1 Å². The van der Waals surface area contributed by atoms with Gasteiger partial charge >= 0.3 is 5.97 Å². The largest absolute Gasteiger partial charge is 0.508 e. The molecule has 2 aromatic carbocycles. The van der Waals surface area contributed by atoms with Crippen LogP contribution in [0.1, 0.15) is 17.5 Å². The van der Waals surface area contributed by atoms with Gasteiger partial charge in [0.25, 0.3) is 0 Å². The number of phenols is 1. The molecule has 0 aliphatic rings. The Balaban J connectivity index is 1.90. The number of rotatable bonds is 14. The van der Waals surface area contributed by atoms with Gasteiger partial charge in [0, 0.05) is 6.42 Å². The highest BCUT2D eigenvalue weighted by atomic mass is 32.2. The number of carbonyl (C=O) groups excluding carboxylic acids is 3. The van der Waals surface area contributed by atoms with Crippen LogP contribution >= 0.6 is 11.8 Å². The van der Waals surface area contributed by atoms with Crippen LogP contribution < -0.4 is 21.7 Å². The molecule has 7 N–H and O–H groups in total. The molecule has 0 spiro atoms. The van der Waals surface area contributed by atoms with E-state index in [1.54, 1.807) is 42.5 Å². The van der Waals surface area contributed by atoms with Crippen LogP contribution in [0.2, 0.25) is 0 Å². The van der Waals surface area contributed by atoms with Crippen molar-refractivity contribution in [3.8, 4) is 5.75 Å². The van der Waals surface area contributed by atoms with Gasteiger partial charge in [0.2, 0.25) is 17.7 Å². The van der Waals surface area contributed by atoms with Crippen LogP contribution in [-0.4, -0.2) is 70.6 Å². The van der Waals surface area contributed by atoms with Gasteiger partial charge in [-0.1, -0.05) is 42.5 Å². The first-order valence-corrected chi connectivity index (χ1v) is 12.8. The normalized spacial score (nSPS) is 13.2. The van der Waals surface area contributed by atoms with Crippen LogP contribution in [0.25, 0.3) is 0 Å². The fraction of sp³-hybridized carbons (Fsp3) is 0.360. The van der Waals surface area contributed by atoms with E-state index in [2.05, 4.69) is 16.0 Å². The second-order valence-electron chi connectivity index (χ2n) is 8.19. The molecule has 10 nitrogen and oxygen atoms in total. The molecule has 0 radical (unpaired) electrons. The first-order valence-electron chi connectivity index (χ1n) is 11.4. The van der Waals surface area contributed by atoms with Crippen LogP contribution in [0.5, 0.6) is 5.75 Å². The van der Waals surface area contributed by atoms with Gasteiger partial charge in [0.05, 0.1) is 12.6 Å². The van der Waals surface area contributed by atoms with E-state index in [1.165, 1.54) is 23.9 Å². The van der Waals surface area contributed by atoms with E-state index < -0.39 is 48.4 Å². The lowest BCUT2D eigenvalue weighted by Gasteiger charge is -2.21. The Kier molecular flexibility index (Phi) is 11.7. The Morgan fingerprint density at radius 3 is 2.14 bits per heavy atom. The van der Waals surface area contributed by atoms with Crippen LogP contribution in [0.3, 0.4) is 0 Å². The van der Waals surface area contributed by atoms with Gasteiger partial charge in [0.1, 0.15) is 17.8 Å². The van der Waals surface area contributed by atoms with Crippen LogP contribution in [-0.2, 0) is 32.0 Å². The number of phenolic OH excluding ortho intramolecular Hbond substituents is 1. The number of benzene rings is 2. The number of nitrogens with two attached hydrogens (primary N) is 1. The minimum Gasteiger partial charge on any atom is -0.508 e. The molecular weight excluding hydrogens is 484 g/mol. The molecule has 0 fully saturated rings. The highest BCUT2D eigenvalue weighted by molar-refractivity contribution is 7.98. The number of carboxylic acid groups (broad SMARTS) is 1. The van der Waals surface area contributed by atoms with E-state index in [-0.39, 0.29) is 18.6 Å². The molecule has 3 amide bonds. The molecule has 2 aromatic rings. The summed E-state index contributed by atoms with van der Waals surface area (Å²) in [6, 6.07) is 12.2. The van der Waals surface area contributed by atoms with Gasteiger partial charge in [-0.15, -0.1) is 0 Å². The van der Waals surface area contributed by atoms with Crippen LogP contribution in [0, 0.1) is 0 Å². The summed E-state index contributed by atoms with van der Waals surface area (Å²) in [5, 5.41) is 26.3. The van der Waals surface area contributed by atoms with Crippen molar-refractivity contribution in [1.29, 1.82) is 0 Å². The van der Waals surface area contributed by atoms with Crippen molar-refractivity contribution in [1.82, 2.24) is 16.0 Å². The average Bonchev–Trinajstić information content (AvgIpc) is 2.86. The van der Waals surface area contributed by atoms with Gasteiger partial charge in [-0.3, -0.25) is 14.4 Å². The smallest absolute Gasteiger partial charge is 0.326 e. The maximum absolute atomic E-state index is 12.7. The second kappa shape index (κ2) is 14.7. The minimum absolute atomic E-state index is 0.0984. The Morgan fingerprint density at radius 1 is 0.889 bits per heavy atom. The first-order chi connectivity index (χ1) is 17.2. The lowest BCUT2D eigenvalue weighted by atomic mass is 10.1. The van der Waals surface area contributed by atoms with Crippen LogP contribution in [0.4, 0.5) is 0 Å². The number of aliphatic carboxylic acids is 1. The predicted molar refractivity (Wildman–Crippen MR) is 137 cm³/mol. The molecule has 0 saturated carbocycles. The summed E-state index contributed by atoms with van der Waals surface area (Å²) in [5.74, 6) is -2.27. The summed E-state index contributed by atoms with van der Waals surface area (Å²) in [7, 11) is 0. The quantitative estimate of drug-likeness (QED) is 0.210. The fourth-order valence-corrected chi connectivity index (χ4v) is 3.82. The summed E-state index contributed by atoms with van der Waals surface area (Å²) in [6.45, 7) is -0.442. The zero-order valence-electron chi connectivity index (χ0n) is 20.0. The molecule has 0 saturated heterocycles. The van der Waals surface area contributed by atoms with Crippen molar-refractivity contribution in [2.24, 2.45) is 5.73 Å². The zero-order chi connectivity index (χ0) is 26.5. The summed E-state index contributed by atoms with van der Waals surface area (Å²) in [4.78, 5) is 49.2. The first kappa shape index (κ1) is 28.7. The molecule has 11 heteroatoms. The Morgan fingerprint density at radius 2 is 1.53 bits per heavy atom. The number of hydrogen-bond donors (Lipinski definition) is 6. The molecule has 3 atom stereocenters. The number of thioether (sulfide) groups is 1. The van der Waals surface area contributed by atoms with Crippen molar-refractivity contribution in [2.75, 3.05) is 18.6 Å². The minimum atomic E-state index is -1.19. The molecule has 36 heavy (non-hydrogen) atoms. The summed E-state index contributed by atoms with van der Waals surface area (Å²) in [6.07, 6.45) is 2.49. The summed E-state index contributed by atoms with van der Waals surface area (Å²) >= 11 is 1.49. The number of amides is 3. The fourth-order valence-electron chi connectivity index (χ4n) is 3.35. The monoisotopic (exact) mass is 516 g/mol. The average molecular weight is 517 g/mol. The molecule has 0 aromatic heterocycles. The topological polar surface area (TPSA) is 171 Å². The number of carbonyl (C=O) groups is 4. The lowest BCUT2D eigenvalue weighted by Crippen LogP contribution is -2.54. The van der Waals surface area contributed by atoms with Crippen molar-refractivity contribution in [3.05, 3.63) is 65.7 Å². The van der Waals surface area contributed by atoms with E-state index in [9.17, 15) is 29.4 Å². The molecular formula is C25H32N4O6S. The van der Waals surface area contributed by atoms with Crippen molar-refractivity contribution in [3.63, 3.8) is 0 Å². The molecule has 0 heterocycles. The van der Waals surface area contributed by atoms with Crippen molar-refractivity contribution < 1.29 is 29.4 Å². The number of hydrogen-bond acceptors (Lipinski definition) is 7. The zero-order valence-corrected chi connectivity index (χ0v) is 20.8. The maximum Gasteiger partial charge on any atom is 0.326 e. The van der Waals surface area contributed by atoms with E-state index in [4.69, 9.17) is 5.73 Å². The van der Waals surface area contributed by atoms with Gasteiger partial charge < -0.3 is 31.9 Å². The van der Waals surface area contributed by atoms with Gasteiger partial charge in [-0.25, -0.2) is 4.79 Å². The Bertz CT molecular complexity index is 1020. The highest BCUT2D eigenvalue weighted by Crippen LogP contribution is 2.11. The van der Waals surface area contributed by atoms with E-state index in [0.29, 0.717) is 12.2 Å². The molecule has 194 valence electrons. The standard InChI is InChI=1S/C25H32N4O6S/c1-36-12-11-20(29-23(32)19(26)13-17-7-9-18(30)10-8-17)24(33)27-15-22(31)28-21(25(34)35)14-16-5-3-2-4-6-16/h2-10,19-21,30H,11-15,26H2,1H3,(H,27,33)(H,28,31)(H,29,32)(H,34,35). The number of nitrogens with one attached hydrogen (secondary N) is 3. The third-order valence-corrected chi connectivity index (χ3v) is 5.96. The van der Waals surface area contributed by atoms with Crippen molar-refractivity contribution in [2.45, 2.75) is 37.4 Å². The Hall–Kier alpha value is -3.57. The Labute approximate surface area is 214 Å². The number of carboxylic acids is 1.